The SMILES string of the molecule is CCn1c2ccccc2c2cc(CNN)ccc21. The number of nitrogens with zero attached hydrogens (tertiary/aromatic N) is 1. The van der Waals surface area contributed by atoms with Gasteiger partial charge in [0, 0.05) is 34.9 Å². The molecule has 0 bridgehead atoms. The van der Waals surface area contributed by atoms with Crippen molar-refractivity contribution in [2.75, 3.05) is 0 Å². The molecule has 0 aliphatic heterocycles. The molecule has 0 saturated heterocycles. The molecule has 18 heavy (non-hydrogen) atoms. The maximum atomic E-state index is 5.39. The first-order valence-electron chi connectivity index (χ1n) is 6.28. The number of hydrogen-bond acceptors (Lipinski definition) is 2. The molecule has 0 amide bonds. The van der Waals surface area contributed by atoms with Gasteiger partial charge in [-0.15, -0.1) is 0 Å². The number of hydrogen-bond donors (Lipinski definition) is 2. The molecular weight excluding hydrogens is 222 g/mol. The van der Waals surface area contributed by atoms with E-state index < -0.39 is 0 Å². The third-order valence-corrected chi connectivity index (χ3v) is 3.46. The monoisotopic (exact) mass is 239 g/mol. The summed E-state index contributed by atoms with van der Waals surface area (Å²) in [7, 11) is 0. The molecule has 0 spiro atoms. The predicted octanol–water partition coefficient (Wildman–Crippen LogP) is 2.78. The Balaban J connectivity index is 2.37. The van der Waals surface area contributed by atoms with E-state index in [0.29, 0.717) is 6.54 Å². The Hall–Kier alpha value is -1.84. The van der Waals surface area contributed by atoms with E-state index in [-0.39, 0.29) is 0 Å². The van der Waals surface area contributed by atoms with Crippen LogP contribution in [0, 0.1) is 0 Å². The van der Waals surface area contributed by atoms with E-state index in [1.165, 1.54) is 27.4 Å². The molecule has 0 radical (unpaired) electrons. The summed E-state index contributed by atoms with van der Waals surface area (Å²) >= 11 is 0. The van der Waals surface area contributed by atoms with Gasteiger partial charge in [-0.05, 0) is 30.7 Å². The van der Waals surface area contributed by atoms with Gasteiger partial charge in [0.1, 0.15) is 0 Å². The molecule has 3 N–H and O–H groups in total. The molecule has 1 heterocycles. The predicted molar refractivity (Wildman–Crippen MR) is 76.1 cm³/mol. The lowest BCUT2D eigenvalue weighted by Crippen LogP contribution is -2.20. The summed E-state index contributed by atoms with van der Waals surface area (Å²) in [6, 6.07) is 15.1. The number of benzene rings is 2. The largest absolute Gasteiger partial charge is 0.341 e. The lowest BCUT2D eigenvalue weighted by atomic mass is 10.1. The molecule has 0 saturated carbocycles. The van der Waals surface area contributed by atoms with Crippen molar-refractivity contribution in [3.05, 3.63) is 48.0 Å². The first-order chi connectivity index (χ1) is 8.85. The molecule has 3 heteroatoms. The quantitative estimate of drug-likeness (QED) is 0.545. The summed E-state index contributed by atoms with van der Waals surface area (Å²) in [5.74, 6) is 5.39. The van der Waals surface area contributed by atoms with Crippen molar-refractivity contribution in [1.82, 2.24) is 9.99 Å². The van der Waals surface area contributed by atoms with Crippen molar-refractivity contribution in [2.45, 2.75) is 20.0 Å². The van der Waals surface area contributed by atoms with Gasteiger partial charge in [0.2, 0.25) is 0 Å². The van der Waals surface area contributed by atoms with Crippen molar-refractivity contribution < 1.29 is 0 Å². The highest BCUT2D eigenvalue weighted by atomic mass is 15.2. The Labute approximate surface area is 106 Å². The molecule has 3 rings (SSSR count). The van der Waals surface area contributed by atoms with Gasteiger partial charge in [-0.3, -0.25) is 11.3 Å². The maximum absolute atomic E-state index is 5.39. The Morgan fingerprint density at radius 1 is 1.06 bits per heavy atom. The summed E-state index contributed by atoms with van der Waals surface area (Å²) in [6.45, 7) is 3.86. The summed E-state index contributed by atoms with van der Waals surface area (Å²) in [6.07, 6.45) is 0. The highest BCUT2D eigenvalue weighted by molar-refractivity contribution is 6.08. The molecule has 92 valence electrons. The van der Waals surface area contributed by atoms with Gasteiger partial charge in [0.25, 0.3) is 0 Å². The fourth-order valence-corrected chi connectivity index (χ4v) is 2.67. The van der Waals surface area contributed by atoms with E-state index in [1.54, 1.807) is 0 Å². The topological polar surface area (TPSA) is 43.0 Å². The first kappa shape index (κ1) is 11.3. The molecule has 0 atom stereocenters. The summed E-state index contributed by atoms with van der Waals surface area (Å²) < 4.78 is 2.35. The lowest BCUT2D eigenvalue weighted by Gasteiger charge is -2.03. The second kappa shape index (κ2) is 4.44. The lowest BCUT2D eigenvalue weighted by molar-refractivity contribution is 0.742. The normalized spacial score (nSPS) is 11.4. The van der Waals surface area contributed by atoms with Crippen LogP contribution in [0.25, 0.3) is 21.8 Å². The van der Waals surface area contributed by atoms with Crippen molar-refractivity contribution in [2.24, 2.45) is 5.84 Å². The Kier molecular flexibility index (Phi) is 2.78. The van der Waals surface area contributed by atoms with Crippen LogP contribution in [0.3, 0.4) is 0 Å². The van der Waals surface area contributed by atoms with E-state index >= 15 is 0 Å². The molecule has 1 aromatic heterocycles. The molecule has 2 aromatic carbocycles. The molecule has 0 aliphatic carbocycles. The third-order valence-electron chi connectivity index (χ3n) is 3.46. The van der Waals surface area contributed by atoms with Gasteiger partial charge >= 0.3 is 0 Å². The zero-order chi connectivity index (χ0) is 12.5. The number of aryl methyl sites for hydroxylation is 1. The van der Waals surface area contributed by atoms with Crippen LogP contribution in [0.4, 0.5) is 0 Å². The van der Waals surface area contributed by atoms with E-state index in [4.69, 9.17) is 5.84 Å². The van der Waals surface area contributed by atoms with Crippen LogP contribution < -0.4 is 11.3 Å². The van der Waals surface area contributed by atoms with Crippen LogP contribution in [-0.4, -0.2) is 4.57 Å². The summed E-state index contributed by atoms with van der Waals surface area (Å²) in [5, 5.41) is 2.62. The van der Waals surface area contributed by atoms with Gasteiger partial charge in [-0.1, -0.05) is 24.3 Å². The molecule has 0 fully saturated rings. The molecule has 0 aliphatic rings. The minimum absolute atomic E-state index is 0.696. The maximum Gasteiger partial charge on any atom is 0.0491 e. The van der Waals surface area contributed by atoms with Crippen molar-refractivity contribution in [3.63, 3.8) is 0 Å². The number of aromatic nitrogens is 1. The van der Waals surface area contributed by atoms with Crippen molar-refractivity contribution in [3.8, 4) is 0 Å². The highest BCUT2D eigenvalue weighted by Crippen LogP contribution is 2.29. The van der Waals surface area contributed by atoms with Crippen LogP contribution in [0.2, 0.25) is 0 Å². The second-order valence-electron chi connectivity index (χ2n) is 4.49. The van der Waals surface area contributed by atoms with Gasteiger partial charge in [0.05, 0.1) is 0 Å². The fraction of sp³-hybridized carbons (Fsp3) is 0.200. The van der Waals surface area contributed by atoms with Gasteiger partial charge in [-0.2, -0.15) is 0 Å². The Morgan fingerprint density at radius 3 is 2.61 bits per heavy atom. The number of nitrogens with one attached hydrogen (secondary N) is 1. The second-order valence-corrected chi connectivity index (χ2v) is 4.49. The van der Waals surface area contributed by atoms with Crippen LogP contribution in [0.15, 0.2) is 42.5 Å². The standard InChI is InChI=1S/C15H17N3/c1-2-18-14-6-4-3-5-12(14)13-9-11(10-17-16)7-8-15(13)18/h3-9,17H,2,10,16H2,1H3. The minimum atomic E-state index is 0.696. The number of para-hydroxylation sites is 1. The van der Waals surface area contributed by atoms with E-state index in [1.807, 2.05) is 0 Å². The summed E-state index contributed by atoms with van der Waals surface area (Å²) in [4.78, 5) is 0. The minimum Gasteiger partial charge on any atom is -0.341 e. The smallest absolute Gasteiger partial charge is 0.0491 e. The van der Waals surface area contributed by atoms with Crippen LogP contribution in [0.1, 0.15) is 12.5 Å². The Bertz CT molecular complexity index is 697. The zero-order valence-electron chi connectivity index (χ0n) is 10.5. The van der Waals surface area contributed by atoms with Crippen LogP contribution in [-0.2, 0) is 13.1 Å². The van der Waals surface area contributed by atoms with Crippen LogP contribution >= 0.6 is 0 Å². The van der Waals surface area contributed by atoms with E-state index in [2.05, 4.69) is 59.4 Å². The molecule has 3 nitrogen and oxygen atoms in total. The third kappa shape index (κ3) is 1.60. The Morgan fingerprint density at radius 2 is 1.83 bits per heavy atom. The first-order valence-corrected chi connectivity index (χ1v) is 6.28. The van der Waals surface area contributed by atoms with Gasteiger partial charge < -0.3 is 4.57 Å². The molecule has 0 unspecified atom stereocenters. The highest BCUT2D eigenvalue weighted by Gasteiger charge is 2.09. The number of nitrogens with two attached hydrogens (primary N) is 1. The fourth-order valence-electron chi connectivity index (χ4n) is 2.67. The van der Waals surface area contributed by atoms with Crippen LogP contribution in [0.5, 0.6) is 0 Å². The van der Waals surface area contributed by atoms with Crippen molar-refractivity contribution in [1.29, 1.82) is 0 Å². The summed E-state index contributed by atoms with van der Waals surface area (Å²) in [5.41, 5.74) is 6.51. The number of hydrazine groups is 1. The van der Waals surface area contributed by atoms with Crippen molar-refractivity contribution >= 4 is 21.8 Å². The average Bonchev–Trinajstić information content (AvgIpc) is 2.72. The average molecular weight is 239 g/mol. The zero-order valence-corrected chi connectivity index (χ0v) is 10.5. The molecule has 3 aromatic rings. The van der Waals surface area contributed by atoms with Gasteiger partial charge in [-0.25, -0.2) is 0 Å². The van der Waals surface area contributed by atoms with E-state index in [9.17, 15) is 0 Å². The van der Waals surface area contributed by atoms with Gasteiger partial charge in [0.15, 0.2) is 0 Å². The molecular formula is C15H17N3. The number of rotatable bonds is 3. The van der Waals surface area contributed by atoms with E-state index in [0.717, 1.165) is 6.54 Å². The number of fused-ring (bicyclic) bond motifs is 3.